The van der Waals surface area contributed by atoms with Crippen molar-refractivity contribution >= 4 is 0 Å². The molecule has 3 nitrogen and oxygen atoms in total. The number of nitrogens with zero attached hydrogens (tertiary/aromatic N) is 1. The third-order valence-electron chi connectivity index (χ3n) is 3.22. The molecular formula is C14H24N2O. The van der Waals surface area contributed by atoms with Gasteiger partial charge in [0.05, 0.1) is 6.10 Å². The number of ether oxygens (including phenoxy) is 1. The van der Waals surface area contributed by atoms with E-state index in [0.29, 0.717) is 6.54 Å². The molecule has 0 radical (unpaired) electrons. The monoisotopic (exact) mass is 236 g/mol. The molecule has 0 aliphatic rings. The minimum absolute atomic E-state index is 0.203. The second kappa shape index (κ2) is 7.43. The van der Waals surface area contributed by atoms with E-state index >= 15 is 0 Å². The lowest BCUT2D eigenvalue weighted by Crippen LogP contribution is -2.46. The lowest BCUT2D eigenvalue weighted by molar-refractivity contribution is 0.0221. The standard InChI is InChI=1S/C14H24N2O/c1-4-14(17-3)13(10-15)16(2)11-12-8-6-5-7-9-12/h5-9,13-14H,4,10-11,15H2,1-3H3. The highest BCUT2D eigenvalue weighted by molar-refractivity contribution is 5.14. The Morgan fingerprint density at radius 2 is 1.94 bits per heavy atom. The smallest absolute Gasteiger partial charge is 0.0736 e. The first-order chi connectivity index (χ1) is 8.22. The van der Waals surface area contributed by atoms with E-state index in [4.69, 9.17) is 10.5 Å². The van der Waals surface area contributed by atoms with Gasteiger partial charge in [0, 0.05) is 26.2 Å². The molecule has 0 aliphatic heterocycles. The van der Waals surface area contributed by atoms with E-state index in [2.05, 4.69) is 43.1 Å². The maximum Gasteiger partial charge on any atom is 0.0736 e. The van der Waals surface area contributed by atoms with Crippen molar-refractivity contribution in [2.75, 3.05) is 20.7 Å². The maximum atomic E-state index is 5.86. The largest absolute Gasteiger partial charge is 0.380 e. The van der Waals surface area contributed by atoms with Gasteiger partial charge in [-0.15, -0.1) is 0 Å². The summed E-state index contributed by atoms with van der Waals surface area (Å²) < 4.78 is 5.49. The van der Waals surface area contributed by atoms with Crippen molar-refractivity contribution in [3.8, 4) is 0 Å². The lowest BCUT2D eigenvalue weighted by atomic mass is 10.1. The zero-order chi connectivity index (χ0) is 12.7. The Balaban J connectivity index is 2.63. The van der Waals surface area contributed by atoms with Gasteiger partial charge >= 0.3 is 0 Å². The molecule has 0 aromatic heterocycles. The molecule has 0 amide bonds. The molecule has 0 saturated carbocycles. The van der Waals surface area contributed by atoms with E-state index in [1.54, 1.807) is 7.11 Å². The molecular weight excluding hydrogens is 212 g/mol. The van der Waals surface area contributed by atoms with E-state index < -0.39 is 0 Å². The molecule has 17 heavy (non-hydrogen) atoms. The van der Waals surface area contributed by atoms with Crippen molar-refractivity contribution in [1.29, 1.82) is 0 Å². The van der Waals surface area contributed by atoms with Gasteiger partial charge in [0.25, 0.3) is 0 Å². The van der Waals surface area contributed by atoms with Gasteiger partial charge in [-0.2, -0.15) is 0 Å². The minimum atomic E-state index is 0.203. The molecule has 0 saturated heterocycles. The van der Waals surface area contributed by atoms with Crippen LogP contribution < -0.4 is 5.73 Å². The summed E-state index contributed by atoms with van der Waals surface area (Å²) in [5, 5.41) is 0. The minimum Gasteiger partial charge on any atom is -0.380 e. The predicted octanol–water partition coefficient (Wildman–Crippen LogP) is 1.87. The highest BCUT2D eigenvalue weighted by Gasteiger charge is 2.22. The zero-order valence-corrected chi connectivity index (χ0v) is 11.1. The third-order valence-corrected chi connectivity index (χ3v) is 3.22. The summed E-state index contributed by atoms with van der Waals surface area (Å²) in [7, 11) is 3.86. The molecule has 0 fully saturated rings. The van der Waals surface area contributed by atoms with Crippen LogP contribution in [-0.2, 0) is 11.3 Å². The van der Waals surface area contributed by atoms with Gasteiger partial charge in [-0.1, -0.05) is 37.3 Å². The molecule has 0 spiro atoms. The third kappa shape index (κ3) is 4.11. The number of hydrogen-bond acceptors (Lipinski definition) is 3. The summed E-state index contributed by atoms with van der Waals surface area (Å²) in [6.45, 7) is 3.66. The first-order valence-corrected chi connectivity index (χ1v) is 6.20. The molecule has 3 heteroatoms. The summed E-state index contributed by atoms with van der Waals surface area (Å²) in [6.07, 6.45) is 1.19. The van der Waals surface area contributed by atoms with Crippen LogP contribution in [0.3, 0.4) is 0 Å². The molecule has 0 heterocycles. The van der Waals surface area contributed by atoms with Crippen LogP contribution in [0, 0.1) is 0 Å². The fraction of sp³-hybridized carbons (Fsp3) is 0.571. The Morgan fingerprint density at radius 3 is 2.41 bits per heavy atom. The molecule has 2 N–H and O–H groups in total. The van der Waals surface area contributed by atoms with Crippen molar-refractivity contribution < 1.29 is 4.74 Å². The van der Waals surface area contributed by atoms with Crippen molar-refractivity contribution in [2.45, 2.75) is 32.0 Å². The highest BCUT2D eigenvalue weighted by Crippen LogP contribution is 2.12. The fourth-order valence-electron chi connectivity index (χ4n) is 2.20. The van der Waals surface area contributed by atoms with E-state index in [0.717, 1.165) is 13.0 Å². The normalized spacial score (nSPS) is 14.9. The van der Waals surface area contributed by atoms with Gasteiger partial charge in [-0.25, -0.2) is 0 Å². The number of nitrogens with two attached hydrogens (primary N) is 1. The van der Waals surface area contributed by atoms with Gasteiger partial charge in [0.15, 0.2) is 0 Å². The van der Waals surface area contributed by atoms with Crippen LogP contribution in [0.2, 0.25) is 0 Å². The van der Waals surface area contributed by atoms with E-state index in [1.807, 2.05) is 6.07 Å². The van der Waals surface area contributed by atoms with Crippen LogP contribution in [0.5, 0.6) is 0 Å². The van der Waals surface area contributed by atoms with Gasteiger partial charge in [0.1, 0.15) is 0 Å². The molecule has 1 aromatic carbocycles. The molecule has 0 bridgehead atoms. The van der Waals surface area contributed by atoms with Crippen LogP contribution in [0.15, 0.2) is 30.3 Å². The van der Waals surface area contributed by atoms with Gasteiger partial charge in [-0.05, 0) is 19.0 Å². The summed E-state index contributed by atoms with van der Waals surface area (Å²) in [5.74, 6) is 0. The molecule has 1 rings (SSSR count). The topological polar surface area (TPSA) is 38.5 Å². The Hall–Kier alpha value is -0.900. The average Bonchev–Trinajstić information content (AvgIpc) is 2.36. The molecule has 2 unspecified atom stereocenters. The Kier molecular flexibility index (Phi) is 6.19. The number of methoxy groups -OCH3 is 1. The first-order valence-electron chi connectivity index (χ1n) is 6.20. The van der Waals surface area contributed by atoms with Gasteiger partial charge < -0.3 is 10.5 Å². The Bertz CT molecular complexity index is 298. The summed E-state index contributed by atoms with van der Waals surface area (Å²) in [5.41, 5.74) is 7.16. The second-order valence-corrected chi connectivity index (χ2v) is 4.39. The van der Waals surface area contributed by atoms with Crippen LogP contribution in [0.4, 0.5) is 0 Å². The van der Waals surface area contributed by atoms with E-state index in [9.17, 15) is 0 Å². The Morgan fingerprint density at radius 1 is 1.29 bits per heavy atom. The fourth-order valence-corrected chi connectivity index (χ4v) is 2.20. The molecule has 0 aliphatic carbocycles. The Labute approximate surface area is 105 Å². The summed E-state index contributed by atoms with van der Waals surface area (Å²) in [4.78, 5) is 2.27. The lowest BCUT2D eigenvalue weighted by Gasteiger charge is -2.32. The van der Waals surface area contributed by atoms with Crippen molar-refractivity contribution in [3.05, 3.63) is 35.9 Å². The predicted molar refractivity (Wildman–Crippen MR) is 71.8 cm³/mol. The van der Waals surface area contributed by atoms with Crippen LogP contribution in [-0.4, -0.2) is 37.7 Å². The molecule has 2 atom stereocenters. The average molecular weight is 236 g/mol. The highest BCUT2D eigenvalue weighted by atomic mass is 16.5. The second-order valence-electron chi connectivity index (χ2n) is 4.39. The number of benzene rings is 1. The molecule has 1 aromatic rings. The van der Waals surface area contributed by atoms with Gasteiger partial charge in [0.2, 0.25) is 0 Å². The summed E-state index contributed by atoms with van der Waals surface area (Å²) in [6, 6.07) is 10.7. The first kappa shape index (κ1) is 14.2. The van der Waals surface area contributed by atoms with Crippen LogP contribution >= 0.6 is 0 Å². The van der Waals surface area contributed by atoms with E-state index in [1.165, 1.54) is 5.56 Å². The quantitative estimate of drug-likeness (QED) is 0.785. The van der Waals surface area contributed by atoms with Crippen molar-refractivity contribution in [3.63, 3.8) is 0 Å². The SMILES string of the molecule is CCC(OC)C(CN)N(C)Cc1ccccc1. The van der Waals surface area contributed by atoms with Crippen molar-refractivity contribution in [2.24, 2.45) is 5.73 Å². The zero-order valence-electron chi connectivity index (χ0n) is 11.1. The maximum absolute atomic E-state index is 5.86. The van der Waals surface area contributed by atoms with E-state index in [-0.39, 0.29) is 12.1 Å². The van der Waals surface area contributed by atoms with Crippen LogP contribution in [0.25, 0.3) is 0 Å². The number of likely N-dealkylation sites (N-methyl/N-ethyl adjacent to an activating group) is 1. The number of rotatable bonds is 7. The molecule has 96 valence electrons. The van der Waals surface area contributed by atoms with Gasteiger partial charge in [-0.3, -0.25) is 4.90 Å². The van der Waals surface area contributed by atoms with Crippen LogP contribution in [0.1, 0.15) is 18.9 Å². The summed E-state index contributed by atoms with van der Waals surface area (Å²) >= 11 is 0. The number of hydrogen-bond donors (Lipinski definition) is 1. The van der Waals surface area contributed by atoms with Crippen molar-refractivity contribution in [1.82, 2.24) is 4.90 Å².